The number of aromatic amines is 1. The second kappa shape index (κ2) is 5.22. The Kier molecular flexibility index (Phi) is 3.17. The second-order valence-corrected chi connectivity index (χ2v) is 7.85. The molecule has 1 aromatic carbocycles. The summed E-state index contributed by atoms with van der Waals surface area (Å²) in [6.07, 6.45) is 0. The van der Waals surface area contributed by atoms with Crippen molar-refractivity contribution in [1.82, 2.24) is 19.3 Å². The highest BCUT2D eigenvalue weighted by molar-refractivity contribution is 9.10. The summed E-state index contributed by atoms with van der Waals surface area (Å²) in [5.41, 5.74) is 0.223. The molecule has 1 unspecified atom stereocenters. The molecule has 1 amide bonds. The number of anilines is 3. The molecule has 4 heterocycles. The maximum absolute atomic E-state index is 13.6. The zero-order valence-electron chi connectivity index (χ0n) is 15.2. The molecular weight excluding hydrogens is 428 g/mol. The molecule has 28 heavy (non-hydrogen) atoms. The number of halogens is 1. The topological polar surface area (TPSA) is 114 Å². The number of nitrogens with one attached hydrogen (secondary N) is 3. The highest BCUT2D eigenvalue weighted by Gasteiger charge is 2.58. The van der Waals surface area contributed by atoms with Gasteiger partial charge >= 0.3 is 5.69 Å². The lowest BCUT2D eigenvalue weighted by atomic mass is 9.68. The van der Waals surface area contributed by atoms with Crippen LogP contribution in [0.5, 0.6) is 0 Å². The van der Waals surface area contributed by atoms with Crippen LogP contribution in [0.3, 0.4) is 0 Å². The predicted molar refractivity (Wildman–Crippen MR) is 106 cm³/mol. The quantitative estimate of drug-likeness (QED) is 0.484. The summed E-state index contributed by atoms with van der Waals surface area (Å²) >= 11 is 3.48. The zero-order chi connectivity index (χ0) is 20.0. The molecule has 2 aliphatic rings. The first-order valence-corrected chi connectivity index (χ1v) is 9.32. The predicted octanol–water partition coefficient (Wildman–Crippen LogP) is 1.22. The average Bonchev–Trinajstić information content (AvgIpc) is 3.18. The Morgan fingerprint density at radius 1 is 1.07 bits per heavy atom. The number of rotatable bonds is 0. The van der Waals surface area contributed by atoms with E-state index in [2.05, 4.69) is 36.8 Å². The number of carbonyl (C=O) groups is 1. The summed E-state index contributed by atoms with van der Waals surface area (Å²) < 4.78 is 3.06. The van der Waals surface area contributed by atoms with Crippen LogP contribution in [0.25, 0.3) is 0 Å². The van der Waals surface area contributed by atoms with E-state index in [0.29, 0.717) is 32.8 Å². The van der Waals surface area contributed by atoms with Crippen LogP contribution in [0.15, 0.2) is 32.3 Å². The first kappa shape index (κ1) is 17.0. The monoisotopic (exact) mass is 442 g/mol. The maximum atomic E-state index is 13.6. The van der Waals surface area contributed by atoms with E-state index in [9.17, 15) is 14.4 Å². The summed E-state index contributed by atoms with van der Waals surface area (Å²) in [7, 11) is 2.96. The van der Waals surface area contributed by atoms with Gasteiger partial charge in [0.1, 0.15) is 11.2 Å². The molecule has 1 spiro atoms. The summed E-state index contributed by atoms with van der Waals surface area (Å²) in [6.45, 7) is 1.80. The van der Waals surface area contributed by atoms with Gasteiger partial charge in [0.05, 0.1) is 11.3 Å². The summed E-state index contributed by atoms with van der Waals surface area (Å²) in [5.74, 6) is 0.310. The van der Waals surface area contributed by atoms with Gasteiger partial charge < -0.3 is 10.6 Å². The van der Waals surface area contributed by atoms with E-state index in [1.807, 2.05) is 18.2 Å². The number of aryl methyl sites for hydroxylation is 1. The van der Waals surface area contributed by atoms with Gasteiger partial charge in [0.15, 0.2) is 5.82 Å². The fourth-order valence-corrected chi connectivity index (χ4v) is 4.80. The van der Waals surface area contributed by atoms with Crippen molar-refractivity contribution >= 4 is 39.2 Å². The summed E-state index contributed by atoms with van der Waals surface area (Å²) in [6, 6.07) is 5.45. The minimum absolute atomic E-state index is 0.198. The number of H-pyrrole nitrogens is 1. The molecule has 142 valence electrons. The lowest BCUT2D eigenvalue weighted by molar-refractivity contribution is -0.118. The van der Waals surface area contributed by atoms with Crippen LogP contribution in [-0.2, 0) is 24.3 Å². The Bertz CT molecular complexity index is 1330. The van der Waals surface area contributed by atoms with Gasteiger partial charge in [-0.05, 0) is 28.9 Å². The molecule has 0 saturated carbocycles. The average molecular weight is 443 g/mol. The van der Waals surface area contributed by atoms with Crippen LogP contribution < -0.4 is 21.9 Å². The Morgan fingerprint density at radius 2 is 1.82 bits per heavy atom. The van der Waals surface area contributed by atoms with Crippen molar-refractivity contribution in [3.05, 3.63) is 65.9 Å². The van der Waals surface area contributed by atoms with Gasteiger partial charge in [0.25, 0.3) is 5.56 Å². The SMILES string of the molecule is Cc1[nH]nc2c1C1(C(=O)Nc3c(Br)cccc31)c1c(n(C)c(=O)n(C)c1=O)N2. The van der Waals surface area contributed by atoms with Crippen molar-refractivity contribution in [2.24, 2.45) is 14.1 Å². The van der Waals surface area contributed by atoms with Gasteiger partial charge in [-0.15, -0.1) is 0 Å². The second-order valence-electron chi connectivity index (χ2n) is 6.99. The van der Waals surface area contributed by atoms with Crippen LogP contribution in [0.4, 0.5) is 17.3 Å². The van der Waals surface area contributed by atoms with Gasteiger partial charge in [-0.3, -0.25) is 23.8 Å². The normalized spacial score (nSPS) is 19.1. The smallest absolute Gasteiger partial charge is 0.324 e. The van der Waals surface area contributed by atoms with Gasteiger partial charge in [-0.2, -0.15) is 5.10 Å². The van der Waals surface area contributed by atoms with E-state index in [0.717, 1.165) is 4.57 Å². The van der Waals surface area contributed by atoms with E-state index in [1.54, 1.807) is 14.0 Å². The Morgan fingerprint density at radius 3 is 2.57 bits per heavy atom. The molecule has 0 fully saturated rings. The summed E-state index contributed by atoms with van der Waals surface area (Å²) in [5, 5.41) is 13.2. The van der Waals surface area contributed by atoms with Crippen molar-refractivity contribution in [2.75, 3.05) is 10.6 Å². The van der Waals surface area contributed by atoms with Crippen LogP contribution in [-0.4, -0.2) is 25.2 Å². The number of hydrogen-bond acceptors (Lipinski definition) is 5. The number of benzene rings is 1. The number of fused-ring (bicyclic) bond motifs is 6. The minimum atomic E-state index is -1.42. The Balaban J connectivity index is 2.07. The highest BCUT2D eigenvalue weighted by atomic mass is 79.9. The largest absolute Gasteiger partial charge is 0.332 e. The maximum Gasteiger partial charge on any atom is 0.332 e. The lowest BCUT2D eigenvalue weighted by Gasteiger charge is -2.34. The molecule has 2 aliphatic heterocycles. The highest BCUT2D eigenvalue weighted by Crippen LogP contribution is 2.55. The number of nitrogens with zero attached hydrogens (tertiary/aromatic N) is 3. The number of aromatic nitrogens is 4. The molecule has 0 radical (unpaired) electrons. The van der Waals surface area contributed by atoms with Gasteiger partial charge in [-0.1, -0.05) is 12.1 Å². The van der Waals surface area contributed by atoms with E-state index >= 15 is 0 Å². The number of carbonyl (C=O) groups excluding carboxylic acids is 1. The van der Waals surface area contributed by atoms with E-state index in [1.165, 1.54) is 11.6 Å². The molecule has 9 nitrogen and oxygen atoms in total. The molecule has 1 atom stereocenters. The fourth-order valence-electron chi connectivity index (χ4n) is 4.33. The third kappa shape index (κ3) is 1.71. The molecule has 0 aliphatic carbocycles. The van der Waals surface area contributed by atoms with Crippen molar-refractivity contribution in [2.45, 2.75) is 12.3 Å². The van der Waals surface area contributed by atoms with Crippen LogP contribution in [0.1, 0.15) is 22.4 Å². The molecule has 5 rings (SSSR count). The molecule has 10 heteroatoms. The van der Waals surface area contributed by atoms with Crippen LogP contribution in [0, 0.1) is 6.92 Å². The Hall–Kier alpha value is -3.14. The summed E-state index contributed by atoms with van der Waals surface area (Å²) in [4.78, 5) is 39.4. The number of hydrogen-bond donors (Lipinski definition) is 3. The van der Waals surface area contributed by atoms with Gasteiger partial charge in [0, 0.05) is 35.4 Å². The van der Waals surface area contributed by atoms with Crippen LogP contribution >= 0.6 is 15.9 Å². The minimum Gasteiger partial charge on any atom is -0.324 e. The molecular formula is C18H15BrN6O3. The van der Waals surface area contributed by atoms with Gasteiger partial charge in [0.2, 0.25) is 5.91 Å². The zero-order valence-corrected chi connectivity index (χ0v) is 16.8. The molecule has 0 saturated heterocycles. The third-order valence-electron chi connectivity index (χ3n) is 5.60. The van der Waals surface area contributed by atoms with Gasteiger partial charge in [-0.25, -0.2) is 4.79 Å². The van der Waals surface area contributed by atoms with Crippen molar-refractivity contribution in [3.8, 4) is 0 Å². The third-order valence-corrected chi connectivity index (χ3v) is 6.26. The molecule has 3 N–H and O–H groups in total. The first-order valence-electron chi connectivity index (χ1n) is 8.53. The lowest BCUT2D eigenvalue weighted by Crippen LogP contribution is -2.50. The Labute approximate surface area is 166 Å². The molecule has 2 aromatic heterocycles. The van der Waals surface area contributed by atoms with Crippen LogP contribution in [0.2, 0.25) is 0 Å². The number of amides is 1. The van der Waals surface area contributed by atoms with E-state index < -0.39 is 16.7 Å². The van der Waals surface area contributed by atoms with Crippen molar-refractivity contribution in [1.29, 1.82) is 0 Å². The van der Waals surface area contributed by atoms with E-state index in [-0.39, 0.29) is 17.3 Å². The van der Waals surface area contributed by atoms with Crippen molar-refractivity contribution in [3.63, 3.8) is 0 Å². The number of para-hydroxylation sites is 1. The van der Waals surface area contributed by atoms with Crippen molar-refractivity contribution < 1.29 is 4.79 Å². The standard InChI is InChI=1S/C18H15BrN6O3/c1-7-10-13(23-22-7)21-14-11(15(26)25(3)17(28)24(14)2)18(10)8-5-4-6-9(19)12(8)20-16(18)27/h4-6H,1-3H3,(H,20,27)(H2,21,22,23). The molecule has 0 bridgehead atoms. The van der Waals surface area contributed by atoms with E-state index in [4.69, 9.17) is 0 Å². The molecule has 3 aromatic rings. The first-order chi connectivity index (χ1) is 13.3. The fraction of sp³-hybridized carbons (Fsp3) is 0.222.